The van der Waals surface area contributed by atoms with Crippen molar-refractivity contribution in [3.8, 4) is 5.88 Å². The molecule has 20 rings (SSSR count). The number of hydrogen-bond donors (Lipinski definition) is 9. The molecule has 0 radical (unpaired) electrons. The molecular weight excluding hydrogens is 2140 g/mol. The smallest absolute Gasteiger partial charge is 0.328 e. The fourth-order valence-electron chi connectivity index (χ4n) is 15.2. The van der Waals surface area contributed by atoms with Crippen LogP contribution in [0.3, 0.4) is 0 Å². The van der Waals surface area contributed by atoms with Gasteiger partial charge < -0.3 is 108 Å². The summed E-state index contributed by atoms with van der Waals surface area (Å²) in [5, 5.41) is -12.6. The molecule has 752 valence electrons. The molecule has 0 aliphatic carbocycles. The van der Waals surface area contributed by atoms with Crippen LogP contribution in [0.2, 0.25) is 0 Å². The number of aromatic amines is 3. The molecule has 0 amide bonds. The van der Waals surface area contributed by atoms with Gasteiger partial charge in [0.2, 0.25) is 35.6 Å². The van der Waals surface area contributed by atoms with Crippen LogP contribution in [0.5, 0.6) is 5.88 Å². The zero-order chi connectivity index (χ0) is 99.2. The molecule has 20 heterocycles. The van der Waals surface area contributed by atoms with E-state index in [1.165, 1.54) is 54.5 Å². The largest absolute Gasteiger partial charge is 0.476 e. The second-order valence-electron chi connectivity index (χ2n) is 32.4. The number of hydrogen-bond acceptors (Lipinski definition) is 47. The van der Waals surface area contributed by atoms with Gasteiger partial charge >= 0.3 is 33.6 Å². The van der Waals surface area contributed by atoms with Gasteiger partial charge in [0.25, 0.3) is 42.3 Å². The fraction of sp³-hybridized carbons (Fsp3) is 0.627. The molecule has 10 aliphatic heterocycles. The van der Waals surface area contributed by atoms with Crippen molar-refractivity contribution in [2.24, 2.45) is 0 Å². The molecule has 10 fully saturated rings. The molecule has 70 heteroatoms. The Bertz CT molecular complexity index is 6350. The van der Waals surface area contributed by atoms with Gasteiger partial charge in [-0.2, -0.15) is 34.9 Å². The van der Waals surface area contributed by atoms with Crippen molar-refractivity contribution < 1.29 is 118 Å². The Labute approximate surface area is 819 Å². The van der Waals surface area contributed by atoms with Crippen LogP contribution in [0.15, 0.2) is 46.0 Å². The summed E-state index contributed by atoms with van der Waals surface area (Å²) in [5.41, 5.74) is 33.2. The topological polar surface area (TPSA) is 628 Å². The molecule has 15 N–H and O–H groups in total. The van der Waals surface area contributed by atoms with E-state index < -0.39 is 168 Å². The lowest BCUT2D eigenvalue weighted by Crippen LogP contribution is -2.43. The van der Waals surface area contributed by atoms with Crippen molar-refractivity contribution in [3.05, 3.63) is 62.7 Å². The third kappa shape index (κ3) is 20.6. The Morgan fingerprint density at radius 3 is 0.832 bits per heavy atom. The van der Waals surface area contributed by atoms with E-state index in [0.29, 0.717) is 12.1 Å². The van der Waals surface area contributed by atoms with Crippen LogP contribution in [0, 0.1) is 0 Å². The number of nitrogens with one attached hydrogen (secondary N) is 3. The second-order valence-corrected chi connectivity index (χ2v) is 49.9. The Morgan fingerprint density at radius 1 is 0.372 bits per heavy atom. The maximum Gasteiger partial charge on any atom is 0.328 e. The molecule has 0 bridgehead atoms. The third-order valence-electron chi connectivity index (χ3n) is 20.4. The van der Waals surface area contributed by atoms with Crippen LogP contribution in [-0.4, -0.2) is 254 Å². The Kier molecular flexibility index (Phi) is 29.7. The number of anilines is 6. The van der Waals surface area contributed by atoms with Gasteiger partial charge in [-0.15, -0.1) is 0 Å². The van der Waals surface area contributed by atoms with Crippen molar-refractivity contribution in [1.82, 2.24) is 97.6 Å². The van der Waals surface area contributed by atoms with Crippen LogP contribution in [-0.2, 0) is 151 Å². The van der Waals surface area contributed by atoms with Crippen molar-refractivity contribution in [2.45, 2.75) is 224 Å². The maximum atomic E-state index is 15.8. The number of nitrogens with two attached hydrogens (primary N) is 6. The molecule has 0 aromatic carbocycles. The quantitative estimate of drug-likeness (QED) is 0.0233. The number of halogens is 10. The lowest BCUT2D eigenvalue weighted by molar-refractivity contribution is -0.0636. The number of nitrogen functional groups attached to an aromatic ring is 6. The molecule has 10 saturated heterocycles. The summed E-state index contributed by atoms with van der Waals surface area (Å²) in [5.74, 6) is -0.346. The molecule has 10 aromatic rings. The SMILES string of the molecule is CC(C)OP1(=S)OC[C@H]2O[C@@H](n3cnc4c(=O)[nH]c(N)nc43)[C@](F)(Cl)[C@@H]2O1.CC(C)O[P@@]1(=S)OC[C@H]2O[C@@H](n3cnc4c(=O)[nH]c(N)nc43)[C@](F)(Cl)[C@@H]2O1.CC(C)O[P@]1(=S)OC[C@H]2O[C@@H](n3cnc4c(=O)[nH]c(N)nc43)[C@](F)(Cl)[C@@H]2O1.CC(C)O[P@]1(=S)OC[C@H]2O[C@@H](n3cnc4c(N)nc(N)nc43)[C@](F)(Cl)[C@@H]2O1.CCOc1nc(N)nc2c1ncn2[C@@H]1O[C@@H]2COP(=S)(OC(C)C)O[C@H]2[C@@]1(F)Cl. The van der Waals surface area contributed by atoms with E-state index in [2.05, 4.69) is 74.8 Å². The lowest BCUT2D eigenvalue weighted by Gasteiger charge is -2.35. The second kappa shape index (κ2) is 39.0. The summed E-state index contributed by atoms with van der Waals surface area (Å²) < 4.78 is 202. The normalized spacial score (nSPS) is 36.0. The average Bonchev–Trinajstić information content (AvgIpc) is 1.60. The van der Waals surface area contributed by atoms with E-state index in [4.69, 9.17) is 248 Å². The predicted octanol–water partition coefficient (Wildman–Crippen LogP) is 9.24. The van der Waals surface area contributed by atoms with Crippen LogP contribution in [0.1, 0.15) is 107 Å². The van der Waals surface area contributed by atoms with Gasteiger partial charge in [0.05, 0.1) is 102 Å². The van der Waals surface area contributed by atoms with Gasteiger partial charge in [-0.3, -0.25) is 74.8 Å². The van der Waals surface area contributed by atoms with Gasteiger partial charge in [0.15, 0.2) is 87.3 Å². The monoisotopic (exact) mass is 2220 g/mol. The number of fused-ring (bicyclic) bond motifs is 10. The number of rotatable bonds is 17. The molecule has 10 aliphatic rings. The molecule has 25 atom stereocenters. The highest BCUT2D eigenvalue weighted by Crippen LogP contribution is 2.67. The van der Waals surface area contributed by atoms with E-state index >= 15 is 22.0 Å². The predicted molar refractivity (Wildman–Crippen MR) is 497 cm³/mol. The summed E-state index contributed by atoms with van der Waals surface area (Å²) in [6, 6.07) is 0. The summed E-state index contributed by atoms with van der Waals surface area (Å²) >= 11 is 57.6. The maximum absolute atomic E-state index is 15.8. The number of nitrogens with zero attached hydrogens (tertiary/aromatic N) is 17. The molecule has 10 aromatic heterocycles. The molecule has 2 unspecified atom stereocenters. The summed E-state index contributed by atoms with van der Waals surface area (Å²) in [6.07, 6.45) is -12.1. The summed E-state index contributed by atoms with van der Waals surface area (Å²) in [4.78, 5) is 90.9. The zero-order valence-electron chi connectivity index (χ0n) is 72.6. The highest BCUT2D eigenvalue weighted by Gasteiger charge is 2.68. The number of H-pyrrole nitrogens is 3. The highest BCUT2D eigenvalue weighted by atomic mass is 35.5. The molecular formula is C67H85Cl5F5N26O24P5S5. The van der Waals surface area contributed by atoms with Gasteiger partial charge in [-0.05, 0) is 135 Å². The molecule has 0 spiro atoms. The number of aromatic nitrogens is 20. The van der Waals surface area contributed by atoms with Crippen LogP contribution < -0.4 is 55.8 Å². The summed E-state index contributed by atoms with van der Waals surface area (Å²) in [7, 11) is 0. The van der Waals surface area contributed by atoms with E-state index in [0.717, 1.165) is 0 Å². The van der Waals surface area contributed by atoms with E-state index in [9.17, 15) is 14.4 Å². The Balaban J connectivity index is 0.000000124. The average molecular weight is 2230 g/mol. The Morgan fingerprint density at radius 2 is 0.591 bits per heavy atom. The van der Waals surface area contributed by atoms with Crippen molar-refractivity contribution in [3.63, 3.8) is 0 Å². The van der Waals surface area contributed by atoms with E-state index in [1.54, 1.807) is 76.2 Å². The van der Waals surface area contributed by atoms with Crippen LogP contribution in [0.25, 0.3) is 55.8 Å². The van der Waals surface area contributed by atoms with E-state index in [-0.39, 0.29) is 155 Å². The first-order chi connectivity index (χ1) is 64.1. The van der Waals surface area contributed by atoms with Crippen molar-refractivity contribution >= 4 is 242 Å². The first-order valence-corrected chi connectivity index (χ1v) is 55.5. The minimum absolute atomic E-state index is 0.0164. The lowest BCUT2D eigenvalue weighted by atomic mass is 10.1. The summed E-state index contributed by atoms with van der Waals surface area (Å²) in [6.45, 7) is 3.79. The molecule has 137 heavy (non-hydrogen) atoms. The minimum atomic E-state index is -3.17. The van der Waals surface area contributed by atoms with Gasteiger partial charge in [-0.1, -0.05) is 58.0 Å². The zero-order valence-corrected chi connectivity index (χ0v) is 84.9. The van der Waals surface area contributed by atoms with E-state index in [1.807, 2.05) is 0 Å². The fourth-order valence-corrected chi connectivity index (χ4v) is 30.0. The standard InChI is InChI=1S/C15H20ClFN5O5PS.C13H17ClFN6O4PS.3C13H16ClFN5O5PS/c1-4-23-12-9-11(20-14(18)21-12)22(6-19-9)13-15(16,17)10-8(25-13)5-24-28(29,27-10)26-7(2)3;1-5(2)24-26(27)22-3-6-8(25-26)13(14,15)11(23-6)21-4-18-7-9(16)19-12(17)20-10(7)21;3*1-5(2)24-26(27)22-3-6-8(25-26)13(14,15)11(23-6)20-4-17-7-9(20)18-12(16)19-10(7)21/h6-8,10,13H,4-5H2,1-3H3,(H2,18,20,21);4-6,8,11H,3H2,1-2H3,(H4,16,17,19,20);3*4-6,8,11H,3H2,1-2H3,(H3,16,18,19,21)/t8-,10-,13-,15+,28?;6-,8-,11-,13+,26-;6-,8-,11-,13+,26?;6-,8-,11-,13+,26+;6-,8-,11-,13+,26-/m11111/s1. The third-order valence-corrected chi connectivity index (χ3v) is 34.7. The first-order valence-electron chi connectivity index (χ1n) is 40.9. The number of ether oxygens (including phenoxy) is 6. The Hall–Kier alpha value is -5.70. The van der Waals surface area contributed by atoms with Gasteiger partial charge in [-0.25, -0.2) is 46.9 Å². The van der Waals surface area contributed by atoms with Crippen LogP contribution in [0.4, 0.5) is 57.5 Å². The highest BCUT2D eigenvalue weighted by molar-refractivity contribution is 8.09. The number of imidazole rings is 5. The molecule has 0 saturated carbocycles. The number of alkyl halides is 10. The van der Waals surface area contributed by atoms with Gasteiger partial charge in [0.1, 0.15) is 66.6 Å². The first kappa shape index (κ1) is 104. The van der Waals surface area contributed by atoms with Crippen molar-refractivity contribution in [2.75, 3.05) is 74.0 Å². The van der Waals surface area contributed by atoms with Crippen LogP contribution >= 0.6 is 91.6 Å². The van der Waals surface area contributed by atoms with Gasteiger partial charge in [0, 0.05) is 0 Å². The molecule has 50 nitrogen and oxygen atoms in total. The minimum Gasteiger partial charge on any atom is -0.476 e. The van der Waals surface area contributed by atoms with Crippen molar-refractivity contribution in [1.29, 1.82) is 0 Å².